The lowest BCUT2D eigenvalue weighted by atomic mass is 10.0. The van der Waals surface area contributed by atoms with Gasteiger partial charge in [-0.2, -0.15) is 9.97 Å². The molecule has 0 aromatic carbocycles. The van der Waals surface area contributed by atoms with Crippen LogP contribution >= 0.6 is 6.72 Å². The zero-order chi connectivity index (χ0) is 22.2. The van der Waals surface area contributed by atoms with Crippen molar-refractivity contribution >= 4 is 41.5 Å². The first kappa shape index (κ1) is 23.3. The van der Waals surface area contributed by atoms with E-state index in [1.54, 1.807) is 18.4 Å². The van der Waals surface area contributed by atoms with Gasteiger partial charge in [0.1, 0.15) is 24.4 Å². The van der Waals surface area contributed by atoms with Gasteiger partial charge in [-0.15, -0.1) is 0 Å². The number of aromatic nitrogens is 4. The summed E-state index contributed by atoms with van der Waals surface area (Å²) in [6, 6.07) is 0. The van der Waals surface area contributed by atoms with Gasteiger partial charge in [0.15, 0.2) is 17.7 Å². The molecule has 11 nitrogen and oxygen atoms in total. The molecular weight excluding hydrogens is 431 g/mol. The quantitative estimate of drug-likeness (QED) is 0.549. The predicted octanol–water partition coefficient (Wildman–Crippen LogP) is 1.34. The highest BCUT2D eigenvalue weighted by atomic mass is 32.5. The summed E-state index contributed by atoms with van der Waals surface area (Å²) >= 11 is 5.10. The molecule has 0 amide bonds. The summed E-state index contributed by atoms with van der Waals surface area (Å²) in [4.78, 5) is 25.2. The molecule has 30 heavy (non-hydrogen) atoms. The molecule has 2 aromatic heterocycles. The fourth-order valence-corrected chi connectivity index (χ4v) is 5.47. The summed E-state index contributed by atoms with van der Waals surface area (Å²) in [6.07, 6.45) is -0.703. The second-order valence-corrected chi connectivity index (χ2v) is 10.5. The van der Waals surface area contributed by atoms with Crippen LogP contribution in [0.15, 0.2) is 6.33 Å². The van der Waals surface area contributed by atoms with Gasteiger partial charge >= 0.3 is 0 Å². The molecule has 13 heteroatoms. The summed E-state index contributed by atoms with van der Waals surface area (Å²) in [5.74, 6) is 0.455. The molecule has 1 fully saturated rings. The fraction of sp³-hybridized carbons (Fsp3) is 0.706. The van der Waals surface area contributed by atoms with Crippen molar-refractivity contribution < 1.29 is 23.4 Å². The van der Waals surface area contributed by atoms with Crippen LogP contribution in [-0.4, -0.2) is 51.0 Å². The Balaban J connectivity index is 1.99. The molecule has 2 unspecified atom stereocenters. The molecule has 3 heterocycles. The molecule has 3 rings (SSSR count). The summed E-state index contributed by atoms with van der Waals surface area (Å²) < 4.78 is 24.8. The predicted molar refractivity (Wildman–Crippen MR) is 114 cm³/mol. The highest BCUT2D eigenvalue weighted by Crippen LogP contribution is 2.48. The van der Waals surface area contributed by atoms with Crippen molar-refractivity contribution in [2.24, 2.45) is 5.92 Å². The van der Waals surface area contributed by atoms with E-state index in [1.165, 1.54) is 13.4 Å². The Bertz CT molecular complexity index is 941. The lowest BCUT2D eigenvalue weighted by Crippen LogP contribution is -2.37. The highest BCUT2D eigenvalue weighted by Gasteiger charge is 2.48. The van der Waals surface area contributed by atoms with E-state index in [-0.39, 0.29) is 23.8 Å². The third-order valence-electron chi connectivity index (χ3n) is 4.59. The molecule has 0 aliphatic carbocycles. The molecular formula is C17H28N6O5PS-. The Morgan fingerprint density at radius 1 is 1.27 bits per heavy atom. The first-order valence-corrected chi connectivity index (χ1v) is 12.2. The lowest BCUT2D eigenvalue weighted by molar-refractivity contribution is -0.217. The number of methoxy groups -OCH3 is 1. The molecule has 0 saturated carbocycles. The van der Waals surface area contributed by atoms with Crippen molar-refractivity contribution in [1.29, 1.82) is 0 Å². The van der Waals surface area contributed by atoms with Crippen molar-refractivity contribution in [1.82, 2.24) is 19.5 Å². The van der Waals surface area contributed by atoms with Crippen molar-refractivity contribution in [2.45, 2.75) is 64.8 Å². The van der Waals surface area contributed by atoms with Crippen LogP contribution in [0.3, 0.4) is 0 Å². The van der Waals surface area contributed by atoms with Crippen molar-refractivity contribution in [3.63, 3.8) is 0 Å². The fourth-order valence-electron chi connectivity index (χ4n) is 3.54. The Morgan fingerprint density at radius 2 is 1.97 bits per heavy atom. The molecule has 4 N–H and O–H groups in total. The van der Waals surface area contributed by atoms with E-state index in [9.17, 15) is 4.89 Å². The second kappa shape index (κ2) is 8.99. The van der Waals surface area contributed by atoms with Gasteiger partial charge < -0.3 is 34.9 Å². The van der Waals surface area contributed by atoms with Crippen molar-refractivity contribution in [3.8, 4) is 0 Å². The van der Waals surface area contributed by atoms with Gasteiger partial charge in [-0.1, -0.05) is 25.7 Å². The first-order valence-electron chi connectivity index (χ1n) is 9.64. The van der Waals surface area contributed by atoms with E-state index < -0.39 is 31.3 Å². The molecule has 1 aliphatic heterocycles. The number of imidazole rings is 1. The Labute approximate surface area is 180 Å². The SMILES string of the molecule is COC1[C@@H](OP([O-])(=S)OC(C)C)[C@@H](CC(C)C)O[C@H]1n1cnc2c(N)nc(N)nc21. The topological polar surface area (TPSA) is 156 Å². The van der Waals surface area contributed by atoms with Crippen molar-refractivity contribution in [3.05, 3.63) is 6.33 Å². The number of anilines is 2. The first-order chi connectivity index (χ1) is 14.0. The van der Waals surface area contributed by atoms with Gasteiger partial charge in [0, 0.05) is 7.11 Å². The van der Waals surface area contributed by atoms with E-state index in [0.29, 0.717) is 17.6 Å². The number of rotatable bonds is 8. The second-order valence-electron chi connectivity index (χ2n) is 7.86. The van der Waals surface area contributed by atoms with Crippen LogP contribution in [0.4, 0.5) is 11.8 Å². The van der Waals surface area contributed by atoms with Gasteiger partial charge in [-0.05, 0) is 26.2 Å². The molecule has 2 aromatic rings. The third-order valence-corrected chi connectivity index (χ3v) is 6.29. The Hall–Kier alpha value is -1.40. The monoisotopic (exact) mass is 459 g/mol. The van der Waals surface area contributed by atoms with Crippen LogP contribution in [0.25, 0.3) is 11.2 Å². The molecule has 0 spiro atoms. The number of nitrogens with two attached hydrogens (primary N) is 2. The Kier molecular flexibility index (Phi) is 6.97. The summed E-state index contributed by atoms with van der Waals surface area (Å²) in [5, 5.41) is 0. The minimum Gasteiger partial charge on any atom is -0.780 e. The minimum atomic E-state index is -3.76. The summed E-state index contributed by atoms with van der Waals surface area (Å²) in [6.45, 7) is 3.81. The van der Waals surface area contributed by atoms with E-state index in [4.69, 9.17) is 41.8 Å². The van der Waals surface area contributed by atoms with Gasteiger partial charge in [0.2, 0.25) is 5.95 Å². The van der Waals surface area contributed by atoms with Gasteiger partial charge in [0.05, 0.1) is 18.5 Å². The standard InChI is InChI=1S/C17H29N6O5PS/c1-8(2)6-10-12(28-29(24,30)27-9(3)4)13(25-5)16(26-10)23-7-20-11-14(18)21-17(19)22-15(11)23/h7-10,12-13,16H,6H2,1-5H3,(H,24,30)(H4,18,19,21,22)/p-1/t10-,12+,13?,16-,29?/m1/s1. The molecule has 5 atom stereocenters. The van der Waals surface area contributed by atoms with Gasteiger partial charge in [0.25, 0.3) is 0 Å². The largest absolute Gasteiger partial charge is 0.780 e. The zero-order valence-electron chi connectivity index (χ0n) is 17.6. The number of fused-ring (bicyclic) bond motifs is 1. The van der Waals surface area contributed by atoms with Crippen LogP contribution < -0.4 is 16.4 Å². The Morgan fingerprint density at radius 3 is 2.57 bits per heavy atom. The summed E-state index contributed by atoms with van der Waals surface area (Å²) in [5.41, 5.74) is 12.5. The number of hydrogen-bond donors (Lipinski definition) is 2. The number of ether oxygens (including phenoxy) is 2. The zero-order valence-corrected chi connectivity index (χ0v) is 19.3. The van der Waals surface area contributed by atoms with E-state index in [1.807, 2.05) is 0 Å². The maximum absolute atomic E-state index is 12.8. The smallest absolute Gasteiger partial charge is 0.224 e. The lowest BCUT2D eigenvalue weighted by Gasteiger charge is -2.35. The van der Waals surface area contributed by atoms with Gasteiger partial charge in [-0.3, -0.25) is 4.57 Å². The van der Waals surface area contributed by atoms with E-state index in [2.05, 4.69) is 28.8 Å². The molecule has 0 radical (unpaired) electrons. The number of nitrogens with zero attached hydrogens (tertiary/aromatic N) is 4. The average molecular weight is 459 g/mol. The average Bonchev–Trinajstić information content (AvgIpc) is 3.14. The van der Waals surface area contributed by atoms with Crippen LogP contribution in [0, 0.1) is 5.92 Å². The van der Waals surface area contributed by atoms with E-state index in [0.717, 1.165) is 0 Å². The van der Waals surface area contributed by atoms with Crippen LogP contribution in [-0.2, 0) is 30.3 Å². The highest BCUT2D eigenvalue weighted by molar-refractivity contribution is 8.06. The number of hydrogen-bond acceptors (Lipinski definition) is 11. The molecule has 1 saturated heterocycles. The molecule has 1 aliphatic rings. The van der Waals surface area contributed by atoms with Gasteiger partial charge in [-0.25, -0.2) is 4.98 Å². The van der Waals surface area contributed by atoms with Crippen LogP contribution in [0.1, 0.15) is 40.3 Å². The number of nitrogen functional groups attached to an aromatic ring is 2. The van der Waals surface area contributed by atoms with Crippen LogP contribution in [0.2, 0.25) is 0 Å². The minimum absolute atomic E-state index is 0.0145. The molecule has 0 bridgehead atoms. The maximum atomic E-state index is 12.8. The third kappa shape index (κ3) is 4.91. The summed E-state index contributed by atoms with van der Waals surface area (Å²) in [7, 11) is 1.52. The molecule has 168 valence electrons. The maximum Gasteiger partial charge on any atom is 0.224 e. The van der Waals surface area contributed by atoms with E-state index >= 15 is 0 Å². The van der Waals surface area contributed by atoms with Crippen LogP contribution in [0.5, 0.6) is 0 Å². The van der Waals surface area contributed by atoms with Crippen molar-refractivity contribution in [2.75, 3.05) is 18.6 Å². The normalized spacial score (nSPS) is 26.7.